The van der Waals surface area contributed by atoms with Crippen molar-refractivity contribution >= 4 is 22.7 Å². The predicted octanol–water partition coefficient (Wildman–Crippen LogP) is 3.08. The monoisotopic (exact) mass is 246 g/mol. The Bertz CT molecular complexity index is 587. The summed E-state index contributed by atoms with van der Waals surface area (Å²) in [5, 5.41) is 1.13. The Morgan fingerprint density at radius 2 is 2.11 bits per heavy atom. The molecule has 4 nitrogen and oxygen atoms in total. The van der Waals surface area contributed by atoms with E-state index >= 15 is 0 Å². The third kappa shape index (κ3) is 2.06. The van der Waals surface area contributed by atoms with Crippen LogP contribution in [-0.4, -0.2) is 24.3 Å². The molecule has 0 atom stereocenters. The normalized spacial score (nSPS) is 10.7. The van der Waals surface area contributed by atoms with Gasteiger partial charge in [-0.15, -0.1) is 0 Å². The molecule has 96 valence electrons. The Hall–Kier alpha value is -1.97. The summed E-state index contributed by atoms with van der Waals surface area (Å²) in [5.41, 5.74) is 3.20. The summed E-state index contributed by atoms with van der Waals surface area (Å²) in [6.07, 6.45) is -0.329. The van der Waals surface area contributed by atoms with Gasteiger partial charge < -0.3 is 9.30 Å². The van der Waals surface area contributed by atoms with Crippen LogP contribution in [0.25, 0.3) is 10.9 Å². The van der Waals surface area contributed by atoms with Gasteiger partial charge in [-0.3, -0.25) is 4.90 Å². The minimum atomic E-state index is -0.329. The zero-order valence-corrected chi connectivity index (χ0v) is 11.2. The van der Waals surface area contributed by atoms with Crippen molar-refractivity contribution in [1.29, 1.82) is 0 Å². The van der Waals surface area contributed by atoms with Gasteiger partial charge in [-0.25, -0.2) is 4.79 Å². The molecule has 0 saturated carbocycles. The van der Waals surface area contributed by atoms with Gasteiger partial charge in [0, 0.05) is 36.4 Å². The van der Waals surface area contributed by atoms with Crippen LogP contribution in [0, 0.1) is 6.92 Å². The molecular weight excluding hydrogens is 228 g/mol. The van der Waals surface area contributed by atoms with Gasteiger partial charge in [-0.2, -0.15) is 0 Å². The maximum absolute atomic E-state index is 11.7. The Morgan fingerprint density at radius 3 is 2.78 bits per heavy atom. The van der Waals surface area contributed by atoms with Gasteiger partial charge >= 0.3 is 6.09 Å². The summed E-state index contributed by atoms with van der Waals surface area (Å²) in [5.74, 6) is 0. The number of hydrogen-bond donors (Lipinski definition) is 0. The van der Waals surface area contributed by atoms with Crippen molar-refractivity contribution in [3.8, 4) is 0 Å². The van der Waals surface area contributed by atoms with E-state index < -0.39 is 0 Å². The van der Waals surface area contributed by atoms with Crippen LogP contribution >= 0.6 is 0 Å². The van der Waals surface area contributed by atoms with Crippen LogP contribution in [0.5, 0.6) is 0 Å². The Labute approximate surface area is 107 Å². The van der Waals surface area contributed by atoms with Gasteiger partial charge in [0.05, 0.1) is 6.61 Å². The van der Waals surface area contributed by atoms with Crippen molar-refractivity contribution in [2.75, 3.05) is 18.6 Å². The number of rotatable bonds is 2. The van der Waals surface area contributed by atoms with Crippen molar-refractivity contribution in [3.05, 3.63) is 30.0 Å². The van der Waals surface area contributed by atoms with Crippen LogP contribution in [0.2, 0.25) is 0 Å². The maximum atomic E-state index is 11.7. The van der Waals surface area contributed by atoms with E-state index in [1.54, 1.807) is 14.0 Å². The highest BCUT2D eigenvalue weighted by molar-refractivity contribution is 5.92. The van der Waals surface area contributed by atoms with E-state index in [0.717, 1.165) is 16.6 Å². The summed E-state index contributed by atoms with van der Waals surface area (Å²) in [7, 11) is 3.75. The standard InChI is InChI=1S/C14H18N2O2/c1-5-18-14(17)16(4)12-6-7-13-11(9-12)8-10(2)15(13)3/h6-9H,5H2,1-4H3. The molecular formula is C14H18N2O2. The van der Waals surface area contributed by atoms with Crippen molar-refractivity contribution in [1.82, 2.24) is 4.57 Å². The molecule has 0 aliphatic heterocycles. The number of carbonyl (C=O) groups excluding carboxylic acids is 1. The number of carbonyl (C=O) groups is 1. The average Bonchev–Trinajstić information content (AvgIpc) is 2.64. The molecule has 0 radical (unpaired) electrons. The molecule has 0 aliphatic carbocycles. The highest BCUT2D eigenvalue weighted by Gasteiger charge is 2.12. The van der Waals surface area contributed by atoms with Gasteiger partial charge in [0.1, 0.15) is 0 Å². The van der Waals surface area contributed by atoms with Gasteiger partial charge in [-0.05, 0) is 38.1 Å². The SMILES string of the molecule is CCOC(=O)N(C)c1ccc2c(c1)cc(C)n2C. The molecule has 4 heteroatoms. The average molecular weight is 246 g/mol. The second-order valence-corrected chi connectivity index (χ2v) is 4.35. The molecule has 1 aromatic heterocycles. The first-order valence-electron chi connectivity index (χ1n) is 6.01. The van der Waals surface area contributed by atoms with Crippen LogP contribution < -0.4 is 4.90 Å². The Morgan fingerprint density at radius 1 is 1.39 bits per heavy atom. The molecule has 0 unspecified atom stereocenters. The summed E-state index contributed by atoms with van der Waals surface area (Å²) in [6, 6.07) is 8.06. The second-order valence-electron chi connectivity index (χ2n) is 4.35. The number of fused-ring (bicyclic) bond motifs is 1. The smallest absolute Gasteiger partial charge is 0.413 e. The lowest BCUT2D eigenvalue weighted by Crippen LogP contribution is -2.26. The number of aromatic nitrogens is 1. The van der Waals surface area contributed by atoms with Crippen molar-refractivity contribution in [2.24, 2.45) is 7.05 Å². The molecule has 0 fully saturated rings. The number of anilines is 1. The first-order valence-corrected chi connectivity index (χ1v) is 6.01. The second kappa shape index (κ2) is 4.72. The molecule has 2 rings (SSSR count). The highest BCUT2D eigenvalue weighted by atomic mass is 16.6. The quantitative estimate of drug-likeness (QED) is 0.816. The topological polar surface area (TPSA) is 34.5 Å². The minimum Gasteiger partial charge on any atom is -0.449 e. The molecule has 0 spiro atoms. The fourth-order valence-corrected chi connectivity index (χ4v) is 2.01. The number of nitrogens with zero attached hydrogens (tertiary/aromatic N) is 2. The van der Waals surface area contributed by atoms with Crippen molar-refractivity contribution in [2.45, 2.75) is 13.8 Å². The van der Waals surface area contributed by atoms with Crippen LogP contribution in [-0.2, 0) is 11.8 Å². The molecule has 1 amide bonds. The Balaban J connectivity index is 2.38. The van der Waals surface area contributed by atoms with Crippen LogP contribution in [0.3, 0.4) is 0 Å². The molecule has 1 heterocycles. The van der Waals surface area contributed by atoms with E-state index in [1.165, 1.54) is 10.6 Å². The lowest BCUT2D eigenvalue weighted by Gasteiger charge is -2.16. The predicted molar refractivity (Wildman–Crippen MR) is 73.1 cm³/mol. The van der Waals surface area contributed by atoms with E-state index in [9.17, 15) is 4.79 Å². The zero-order chi connectivity index (χ0) is 13.3. The third-order valence-corrected chi connectivity index (χ3v) is 3.19. The van der Waals surface area contributed by atoms with Gasteiger partial charge in [0.15, 0.2) is 0 Å². The van der Waals surface area contributed by atoms with Gasteiger partial charge in [-0.1, -0.05) is 0 Å². The molecule has 0 aliphatic rings. The molecule has 18 heavy (non-hydrogen) atoms. The molecule has 1 aromatic carbocycles. The van der Waals surface area contributed by atoms with E-state index in [0.29, 0.717) is 6.61 Å². The van der Waals surface area contributed by atoms with Crippen LogP contribution in [0.4, 0.5) is 10.5 Å². The molecule has 0 N–H and O–H groups in total. The van der Waals surface area contributed by atoms with E-state index in [-0.39, 0.29) is 6.09 Å². The number of aryl methyl sites for hydroxylation is 2. The zero-order valence-electron chi connectivity index (χ0n) is 11.2. The fourth-order valence-electron chi connectivity index (χ4n) is 2.01. The minimum absolute atomic E-state index is 0.329. The van der Waals surface area contributed by atoms with E-state index in [2.05, 4.69) is 17.6 Å². The van der Waals surface area contributed by atoms with Crippen LogP contribution in [0.15, 0.2) is 24.3 Å². The van der Waals surface area contributed by atoms with Gasteiger partial charge in [0.2, 0.25) is 0 Å². The summed E-state index contributed by atoms with van der Waals surface area (Å²) in [4.78, 5) is 13.2. The summed E-state index contributed by atoms with van der Waals surface area (Å²) >= 11 is 0. The number of benzene rings is 1. The first kappa shape index (κ1) is 12.5. The summed E-state index contributed by atoms with van der Waals surface area (Å²) in [6.45, 7) is 4.25. The van der Waals surface area contributed by atoms with Crippen LogP contribution in [0.1, 0.15) is 12.6 Å². The fraction of sp³-hybridized carbons (Fsp3) is 0.357. The molecule has 2 aromatic rings. The number of hydrogen-bond acceptors (Lipinski definition) is 2. The largest absolute Gasteiger partial charge is 0.449 e. The third-order valence-electron chi connectivity index (χ3n) is 3.19. The number of amides is 1. The van der Waals surface area contributed by atoms with Crippen molar-refractivity contribution in [3.63, 3.8) is 0 Å². The highest BCUT2D eigenvalue weighted by Crippen LogP contribution is 2.24. The summed E-state index contributed by atoms with van der Waals surface area (Å²) < 4.78 is 7.11. The lowest BCUT2D eigenvalue weighted by atomic mass is 10.2. The lowest BCUT2D eigenvalue weighted by molar-refractivity contribution is 0.161. The first-order chi connectivity index (χ1) is 8.54. The van der Waals surface area contributed by atoms with Crippen molar-refractivity contribution < 1.29 is 9.53 Å². The van der Waals surface area contributed by atoms with E-state index in [1.807, 2.05) is 25.2 Å². The molecule has 0 bridgehead atoms. The van der Waals surface area contributed by atoms with E-state index in [4.69, 9.17) is 4.74 Å². The Kier molecular flexibility index (Phi) is 3.28. The molecule has 0 saturated heterocycles. The number of ether oxygens (including phenoxy) is 1. The van der Waals surface area contributed by atoms with Gasteiger partial charge in [0.25, 0.3) is 0 Å². The maximum Gasteiger partial charge on any atom is 0.413 e.